The van der Waals surface area contributed by atoms with Gasteiger partial charge in [0.2, 0.25) is 0 Å². The minimum atomic E-state index is -2.96. The molecule has 1 saturated heterocycles. The molecule has 6 nitrogen and oxygen atoms in total. The molecule has 0 unspecified atom stereocenters. The van der Waals surface area contributed by atoms with Crippen LogP contribution in [0.2, 0.25) is 0 Å². The Balaban J connectivity index is 1.64. The third-order valence-corrected chi connectivity index (χ3v) is 7.33. The van der Waals surface area contributed by atoms with Gasteiger partial charge in [-0.1, -0.05) is 12.1 Å². The predicted octanol–water partition coefficient (Wildman–Crippen LogP) is 2.51. The second kappa shape index (κ2) is 8.16. The van der Waals surface area contributed by atoms with E-state index in [9.17, 15) is 12.8 Å². The average Bonchev–Trinajstić information content (AvgIpc) is 3.14. The average molecular weight is 425 g/mol. The normalized spacial score (nSPS) is 18.2. The Morgan fingerprint density at radius 2 is 2.04 bits per heavy atom. The lowest BCUT2D eigenvalue weighted by molar-refractivity contribution is 0.474. The Kier molecular flexibility index (Phi) is 6.04. The van der Waals surface area contributed by atoms with Crippen molar-refractivity contribution in [1.82, 2.24) is 20.0 Å². The lowest BCUT2D eigenvalue weighted by Crippen LogP contribution is -2.36. The molecule has 0 radical (unpaired) electrons. The highest BCUT2D eigenvalue weighted by molar-refractivity contribution is 7.91. The largest absolute Gasteiger partial charge is 0.358 e. The fraction of sp³-hybridized carbons (Fsp3) is 0.474. The van der Waals surface area contributed by atoms with Gasteiger partial charge in [0, 0.05) is 31.4 Å². The molecule has 1 aliphatic heterocycles. The first-order valence-corrected chi connectivity index (χ1v) is 11.4. The van der Waals surface area contributed by atoms with Crippen molar-refractivity contribution in [3.05, 3.63) is 52.6 Å². The Hall–Kier alpha value is -2.00. The number of nitrogens with zero attached hydrogens (tertiary/aromatic N) is 3. The summed E-state index contributed by atoms with van der Waals surface area (Å²) in [7, 11) is -1.06. The highest BCUT2D eigenvalue weighted by atomic mass is 32.2. The SMILES string of the molecule is Cc1nn([C@@H]2CCS(=O)(=O)C2)c(C)c1CN(C)C(=S)NCc1ccc(F)cc1. The molecule has 0 amide bonds. The quantitative estimate of drug-likeness (QED) is 0.744. The van der Waals surface area contributed by atoms with Gasteiger partial charge in [-0.2, -0.15) is 5.10 Å². The maximum atomic E-state index is 13.0. The number of hydrogen-bond acceptors (Lipinski definition) is 4. The number of aromatic nitrogens is 2. The van der Waals surface area contributed by atoms with E-state index in [0.29, 0.717) is 24.6 Å². The van der Waals surface area contributed by atoms with Gasteiger partial charge >= 0.3 is 0 Å². The van der Waals surface area contributed by atoms with Gasteiger partial charge in [-0.15, -0.1) is 0 Å². The van der Waals surface area contributed by atoms with Gasteiger partial charge in [0.05, 0.1) is 23.2 Å². The first kappa shape index (κ1) is 20.7. The van der Waals surface area contributed by atoms with Gasteiger partial charge < -0.3 is 10.2 Å². The topological polar surface area (TPSA) is 67.2 Å². The van der Waals surface area contributed by atoms with Crippen LogP contribution in [0.15, 0.2) is 24.3 Å². The second-order valence-corrected chi connectivity index (χ2v) is 9.91. The summed E-state index contributed by atoms with van der Waals surface area (Å²) in [5.74, 6) is 0.117. The van der Waals surface area contributed by atoms with Crippen molar-refractivity contribution in [1.29, 1.82) is 0 Å². The molecular weight excluding hydrogens is 399 g/mol. The summed E-state index contributed by atoms with van der Waals surface area (Å²) < 4.78 is 38.4. The van der Waals surface area contributed by atoms with E-state index >= 15 is 0 Å². The number of hydrogen-bond donors (Lipinski definition) is 1. The van der Waals surface area contributed by atoms with Crippen molar-refractivity contribution >= 4 is 27.2 Å². The standard InChI is InChI=1S/C19H25FN4O2S2/c1-13-18(14(2)24(22-13)17-8-9-28(25,26)12-17)11-23(3)19(27)21-10-15-4-6-16(20)7-5-15/h4-7,17H,8-12H2,1-3H3,(H,21,27)/t17-/m1/s1. The van der Waals surface area contributed by atoms with Crippen molar-refractivity contribution in [3.63, 3.8) is 0 Å². The van der Waals surface area contributed by atoms with Crippen molar-refractivity contribution < 1.29 is 12.8 Å². The molecule has 0 aliphatic carbocycles. The van der Waals surface area contributed by atoms with E-state index in [2.05, 4.69) is 10.4 Å². The van der Waals surface area contributed by atoms with Crippen molar-refractivity contribution in [2.75, 3.05) is 18.6 Å². The molecule has 2 aromatic rings. The summed E-state index contributed by atoms with van der Waals surface area (Å²) in [6, 6.07) is 6.20. The van der Waals surface area contributed by atoms with E-state index in [0.717, 1.165) is 22.5 Å². The number of sulfone groups is 1. The summed E-state index contributed by atoms with van der Waals surface area (Å²) >= 11 is 5.47. The lowest BCUT2D eigenvalue weighted by Gasteiger charge is -2.21. The number of thiocarbonyl (C=S) groups is 1. The van der Waals surface area contributed by atoms with Gasteiger partial charge in [-0.3, -0.25) is 4.68 Å². The molecule has 0 spiro atoms. The molecule has 0 bridgehead atoms. The number of rotatable bonds is 5. The van der Waals surface area contributed by atoms with E-state index in [1.54, 1.807) is 12.1 Å². The van der Waals surface area contributed by atoms with Crippen LogP contribution in [0.3, 0.4) is 0 Å². The number of halogens is 1. The van der Waals surface area contributed by atoms with E-state index in [4.69, 9.17) is 12.2 Å². The van der Waals surface area contributed by atoms with Crippen LogP contribution >= 0.6 is 12.2 Å². The zero-order valence-electron chi connectivity index (χ0n) is 16.3. The maximum Gasteiger partial charge on any atom is 0.169 e. The first-order chi connectivity index (χ1) is 13.2. The van der Waals surface area contributed by atoms with Crippen LogP contribution in [-0.2, 0) is 22.9 Å². The Morgan fingerprint density at radius 3 is 2.64 bits per heavy atom. The smallest absolute Gasteiger partial charge is 0.169 e. The molecule has 1 aliphatic rings. The van der Waals surface area contributed by atoms with Crippen LogP contribution in [0.25, 0.3) is 0 Å². The molecule has 1 atom stereocenters. The predicted molar refractivity (Wildman–Crippen MR) is 111 cm³/mol. The van der Waals surface area contributed by atoms with Gasteiger partial charge in [-0.05, 0) is 50.2 Å². The van der Waals surface area contributed by atoms with Gasteiger partial charge in [0.15, 0.2) is 14.9 Å². The molecule has 1 N–H and O–H groups in total. The second-order valence-electron chi connectivity index (χ2n) is 7.29. The van der Waals surface area contributed by atoms with Gasteiger partial charge in [0.25, 0.3) is 0 Å². The monoisotopic (exact) mass is 424 g/mol. The van der Waals surface area contributed by atoms with Crippen LogP contribution in [0.5, 0.6) is 0 Å². The molecule has 1 fully saturated rings. The van der Waals surface area contributed by atoms with Gasteiger partial charge in [0.1, 0.15) is 5.82 Å². The summed E-state index contributed by atoms with van der Waals surface area (Å²) in [5.41, 5.74) is 3.86. The molecule has 1 aromatic carbocycles. The number of benzene rings is 1. The van der Waals surface area contributed by atoms with E-state index in [-0.39, 0.29) is 23.4 Å². The Labute approximate surface area is 170 Å². The van der Waals surface area contributed by atoms with Crippen LogP contribution in [0.4, 0.5) is 4.39 Å². The van der Waals surface area contributed by atoms with Crippen LogP contribution in [0, 0.1) is 19.7 Å². The van der Waals surface area contributed by atoms with Crippen LogP contribution in [0.1, 0.15) is 35.0 Å². The molecule has 152 valence electrons. The summed E-state index contributed by atoms with van der Waals surface area (Å²) in [5, 5.41) is 8.36. The Bertz CT molecular complexity index is 971. The van der Waals surface area contributed by atoms with E-state index in [1.165, 1.54) is 12.1 Å². The summed E-state index contributed by atoms with van der Waals surface area (Å²) in [6.45, 7) is 5.00. The number of aryl methyl sites for hydroxylation is 1. The van der Waals surface area contributed by atoms with E-state index in [1.807, 2.05) is 30.5 Å². The third kappa shape index (κ3) is 4.70. The molecule has 3 rings (SSSR count). The molecule has 2 heterocycles. The zero-order valence-corrected chi connectivity index (χ0v) is 17.9. The number of nitrogens with one attached hydrogen (secondary N) is 1. The highest BCUT2D eigenvalue weighted by Crippen LogP contribution is 2.27. The van der Waals surface area contributed by atoms with Crippen molar-refractivity contribution in [2.24, 2.45) is 0 Å². The highest BCUT2D eigenvalue weighted by Gasteiger charge is 2.31. The molecule has 1 aromatic heterocycles. The van der Waals surface area contributed by atoms with Crippen LogP contribution in [-0.4, -0.2) is 46.8 Å². The van der Waals surface area contributed by atoms with Crippen LogP contribution < -0.4 is 5.32 Å². The van der Waals surface area contributed by atoms with Gasteiger partial charge in [-0.25, -0.2) is 12.8 Å². The lowest BCUT2D eigenvalue weighted by atomic mass is 10.2. The zero-order chi connectivity index (χ0) is 20.5. The molecule has 9 heteroatoms. The summed E-state index contributed by atoms with van der Waals surface area (Å²) in [6.07, 6.45) is 0.608. The molecular formula is C19H25FN4O2S2. The Morgan fingerprint density at radius 1 is 1.36 bits per heavy atom. The maximum absolute atomic E-state index is 13.0. The first-order valence-electron chi connectivity index (χ1n) is 9.14. The van der Waals surface area contributed by atoms with E-state index < -0.39 is 9.84 Å². The fourth-order valence-electron chi connectivity index (χ4n) is 3.47. The minimum absolute atomic E-state index is 0.0914. The molecule has 28 heavy (non-hydrogen) atoms. The minimum Gasteiger partial charge on any atom is -0.358 e. The summed E-state index contributed by atoms with van der Waals surface area (Å²) in [4.78, 5) is 1.92. The fourth-order valence-corrected chi connectivity index (χ4v) is 5.30. The van der Waals surface area contributed by atoms with Crippen molar-refractivity contribution in [3.8, 4) is 0 Å². The third-order valence-electron chi connectivity index (χ3n) is 5.13. The van der Waals surface area contributed by atoms with Crippen molar-refractivity contribution in [2.45, 2.75) is 39.4 Å². The molecule has 0 saturated carbocycles.